The average Bonchev–Trinajstić information content (AvgIpc) is 2.09. The van der Waals surface area contributed by atoms with Crippen LogP contribution in [-0.4, -0.2) is 11.8 Å². The molecule has 0 unspecified atom stereocenters. The van der Waals surface area contributed by atoms with E-state index in [2.05, 4.69) is 0 Å². The molecule has 0 saturated carbocycles. The molecule has 0 amide bonds. The van der Waals surface area contributed by atoms with E-state index in [1.165, 1.54) is 6.07 Å². The number of aromatic hydroxyl groups is 1. The maximum absolute atomic E-state index is 12.7. The van der Waals surface area contributed by atoms with Gasteiger partial charge in [-0.15, -0.1) is 12.4 Å². The van der Waals surface area contributed by atoms with Gasteiger partial charge in [0.2, 0.25) is 0 Å². The van der Waals surface area contributed by atoms with Crippen LogP contribution in [0.3, 0.4) is 0 Å². The molecule has 0 aromatic heterocycles. The third-order valence-electron chi connectivity index (χ3n) is 1.81. The van der Waals surface area contributed by atoms with Crippen molar-refractivity contribution in [1.82, 2.24) is 0 Å². The highest BCUT2D eigenvalue weighted by Crippen LogP contribution is 2.25. The van der Waals surface area contributed by atoms with Crippen LogP contribution < -0.4 is 5.73 Å². The quantitative estimate of drug-likeness (QED) is 0.826. The highest BCUT2D eigenvalue weighted by atomic mass is 35.5. The Morgan fingerprint density at radius 3 is 2.64 bits per heavy atom. The first-order chi connectivity index (χ1) is 6.15. The molecule has 1 rings (SSSR count). The largest absolute Gasteiger partial charge is 0.508 e. The fourth-order valence-corrected chi connectivity index (χ4v) is 1.10. The Labute approximate surface area is 87.1 Å². The van der Waals surface area contributed by atoms with Crippen molar-refractivity contribution in [1.29, 1.82) is 0 Å². The van der Waals surface area contributed by atoms with Crippen molar-refractivity contribution in [2.75, 3.05) is 6.67 Å². The molecule has 2 nitrogen and oxygen atoms in total. The molecule has 0 spiro atoms. The summed E-state index contributed by atoms with van der Waals surface area (Å²) in [6.45, 7) is -0.586. The lowest BCUT2D eigenvalue weighted by Crippen LogP contribution is -2.11. The predicted octanol–water partition coefficient (Wildman–Crippen LogP) is 2.31. The van der Waals surface area contributed by atoms with Gasteiger partial charge >= 0.3 is 0 Å². The highest BCUT2D eigenvalue weighted by molar-refractivity contribution is 5.85. The lowest BCUT2D eigenvalue weighted by atomic mass is 10.0. The summed E-state index contributed by atoms with van der Waals surface area (Å²) in [4.78, 5) is 0. The number of nitrogens with two attached hydrogens (primary N) is 1. The van der Waals surface area contributed by atoms with Gasteiger partial charge in [-0.25, -0.2) is 4.39 Å². The molecule has 1 aromatic carbocycles. The first kappa shape index (κ1) is 13.1. The Bertz CT molecular complexity index is 296. The molecule has 3 N–H and O–H groups in total. The molecule has 0 fully saturated rings. The average molecular weight is 224 g/mol. The van der Waals surface area contributed by atoms with E-state index in [0.717, 1.165) is 12.1 Å². The van der Waals surface area contributed by atoms with Crippen molar-refractivity contribution in [2.24, 2.45) is 5.73 Å². The highest BCUT2D eigenvalue weighted by Gasteiger charge is 2.11. The second kappa shape index (κ2) is 5.78. The number of halogens is 3. The normalized spacial score (nSPS) is 11.9. The van der Waals surface area contributed by atoms with Crippen LogP contribution in [-0.2, 0) is 0 Å². The van der Waals surface area contributed by atoms with Crippen molar-refractivity contribution in [3.05, 3.63) is 29.6 Å². The molecule has 0 bridgehead atoms. The third kappa shape index (κ3) is 3.12. The van der Waals surface area contributed by atoms with Crippen molar-refractivity contribution in [2.45, 2.75) is 12.5 Å². The minimum Gasteiger partial charge on any atom is -0.508 e. The number of hydrogen-bond acceptors (Lipinski definition) is 2. The van der Waals surface area contributed by atoms with E-state index >= 15 is 0 Å². The fraction of sp³-hybridized carbons (Fsp3) is 0.333. The Hall–Kier alpha value is -0.870. The molecule has 14 heavy (non-hydrogen) atoms. The van der Waals surface area contributed by atoms with Crippen LogP contribution in [0.5, 0.6) is 5.75 Å². The lowest BCUT2D eigenvalue weighted by Gasteiger charge is -2.11. The molecular formula is C9H12ClF2NO. The van der Waals surface area contributed by atoms with Gasteiger partial charge in [-0.3, -0.25) is 4.39 Å². The summed E-state index contributed by atoms with van der Waals surface area (Å²) in [5.41, 5.74) is 5.76. The van der Waals surface area contributed by atoms with Crippen LogP contribution in [0, 0.1) is 5.82 Å². The molecule has 1 aromatic rings. The van der Waals surface area contributed by atoms with Crippen LogP contribution in [0.4, 0.5) is 8.78 Å². The van der Waals surface area contributed by atoms with Gasteiger partial charge in [0.1, 0.15) is 11.6 Å². The van der Waals surface area contributed by atoms with Gasteiger partial charge in [0.15, 0.2) is 0 Å². The second-order valence-electron chi connectivity index (χ2n) is 2.79. The molecule has 0 aliphatic heterocycles. The van der Waals surface area contributed by atoms with Crippen LogP contribution in [0.25, 0.3) is 0 Å². The van der Waals surface area contributed by atoms with Crippen molar-refractivity contribution >= 4 is 12.4 Å². The Morgan fingerprint density at radius 1 is 1.43 bits per heavy atom. The standard InChI is InChI=1S/C9H11F2NO.ClH/c10-4-3-8(12)7-5-6(11)1-2-9(7)13;/h1-2,5,8,13H,3-4,12H2;1H/t8-;/m1./s1. The van der Waals surface area contributed by atoms with Crippen molar-refractivity contribution in [3.63, 3.8) is 0 Å². The van der Waals surface area contributed by atoms with Gasteiger partial charge < -0.3 is 10.8 Å². The predicted molar refractivity (Wildman–Crippen MR) is 52.8 cm³/mol. The summed E-state index contributed by atoms with van der Waals surface area (Å²) in [5, 5.41) is 9.26. The molecule has 0 radical (unpaired) electrons. The van der Waals surface area contributed by atoms with Gasteiger partial charge in [-0.1, -0.05) is 0 Å². The van der Waals surface area contributed by atoms with Gasteiger partial charge in [0.05, 0.1) is 6.67 Å². The first-order valence-electron chi connectivity index (χ1n) is 3.95. The fourth-order valence-electron chi connectivity index (χ4n) is 1.10. The molecule has 0 aliphatic carbocycles. The minimum atomic E-state index is -0.652. The summed E-state index contributed by atoms with van der Waals surface area (Å²) in [7, 11) is 0. The van der Waals surface area contributed by atoms with E-state index in [9.17, 15) is 13.9 Å². The van der Waals surface area contributed by atoms with E-state index in [-0.39, 0.29) is 30.1 Å². The van der Waals surface area contributed by atoms with Crippen LogP contribution in [0.15, 0.2) is 18.2 Å². The summed E-state index contributed by atoms with van der Waals surface area (Å²) >= 11 is 0. The van der Waals surface area contributed by atoms with Gasteiger partial charge in [-0.05, 0) is 24.6 Å². The van der Waals surface area contributed by atoms with Gasteiger partial charge in [-0.2, -0.15) is 0 Å². The number of rotatable bonds is 3. The van der Waals surface area contributed by atoms with Crippen molar-refractivity contribution < 1.29 is 13.9 Å². The van der Waals surface area contributed by atoms with Crippen LogP contribution >= 0.6 is 12.4 Å². The number of phenols is 1. The molecule has 0 saturated heterocycles. The number of alkyl halides is 1. The monoisotopic (exact) mass is 223 g/mol. The number of benzene rings is 1. The summed E-state index contributed by atoms with van der Waals surface area (Å²) in [5.74, 6) is -0.579. The second-order valence-corrected chi connectivity index (χ2v) is 2.79. The zero-order valence-corrected chi connectivity index (χ0v) is 8.23. The van der Waals surface area contributed by atoms with E-state index in [4.69, 9.17) is 5.73 Å². The Morgan fingerprint density at radius 2 is 2.07 bits per heavy atom. The molecule has 5 heteroatoms. The molecule has 80 valence electrons. The summed E-state index contributed by atoms with van der Waals surface area (Å²) in [6, 6.07) is 2.81. The Balaban J connectivity index is 0.00000169. The smallest absolute Gasteiger partial charge is 0.123 e. The summed E-state index contributed by atoms with van der Waals surface area (Å²) < 4.78 is 24.6. The zero-order valence-electron chi connectivity index (χ0n) is 7.41. The number of phenolic OH excluding ortho intramolecular Hbond substituents is 1. The summed E-state index contributed by atoms with van der Waals surface area (Å²) in [6.07, 6.45) is 0.0804. The maximum atomic E-state index is 12.7. The minimum absolute atomic E-state index is 0. The van der Waals surface area contributed by atoms with E-state index in [1.54, 1.807) is 0 Å². The molecule has 0 aliphatic rings. The van der Waals surface area contributed by atoms with E-state index < -0.39 is 18.5 Å². The molecule has 1 atom stereocenters. The van der Waals surface area contributed by atoms with E-state index in [1.807, 2.05) is 0 Å². The molecule has 0 heterocycles. The first-order valence-corrected chi connectivity index (χ1v) is 3.95. The lowest BCUT2D eigenvalue weighted by molar-refractivity contribution is 0.422. The number of hydrogen-bond donors (Lipinski definition) is 2. The third-order valence-corrected chi connectivity index (χ3v) is 1.81. The zero-order chi connectivity index (χ0) is 9.84. The van der Waals surface area contributed by atoms with Gasteiger partial charge in [0, 0.05) is 11.6 Å². The van der Waals surface area contributed by atoms with Crippen LogP contribution in [0.2, 0.25) is 0 Å². The van der Waals surface area contributed by atoms with E-state index in [0.29, 0.717) is 0 Å². The maximum Gasteiger partial charge on any atom is 0.123 e. The van der Waals surface area contributed by atoms with Gasteiger partial charge in [0.25, 0.3) is 0 Å². The van der Waals surface area contributed by atoms with Crippen LogP contribution in [0.1, 0.15) is 18.0 Å². The SMILES string of the molecule is Cl.N[C@H](CCF)c1cc(F)ccc1O. The molecular weight excluding hydrogens is 212 g/mol. The Kier molecular flexibility index (Phi) is 5.42. The van der Waals surface area contributed by atoms with Crippen molar-refractivity contribution in [3.8, 4) is 5.75 Å². The topological polar surface area (TPSA) is 46.2 Å².